The molecule has 116 valence electrons. The van der Waals surface area contributed by atoms with E-state index >= 15 is 0 Å². The van der Waals surface area contributed by atoms with E-state index in [0.29, 0.717) is 13.1 Å². The fourth-order valence-electron chi connectivity index (χ4n) is 2.15. The molecule has 0 saturated carbocycles. The average molecular weight is 294 g/mol. The van der Waals surface area contributed by atoms with E-state index in [1.807, 2.05) is 36.1 Å². The van der Waals surface area contributed by atoms with Gasteiger partial charge in [-0.3, -0.25) is 14.5 Å². The number of benzene rings is 1. The summed E-state index contributed by atoms with van der Waals surface area (Å²) < 4.78 is 0. The molecule has 0 fully saturated rings. The monoisotopic (exact) mass is 294 g/mol. The largest absolute Gasteiger partial charge is 0.481 e. The number of carboxylic acids is 2. The van der Waals surface area contributed by atoms with E-state index in [1.54, 1.807) is 11.9 Å². The third-order valence-corrected chi connectivity index (χ3v) is 3.11. The summed E-state index contributed by atoms with van der Waals surface area (Å²) in [5.41, 5.74) is 1.96. The van der Waals surface area contributed by atoms with Gasteiger partial charge in [0.25, 0.3) is 0 Å². The molecule has 0 aliphatic carbocycles. The van der Waals surface area contributed by atoms with Gasteiger partial charge in [-0.15, -0.1) is 0 Å². The zero-order valence-corrected chi connectivity index (χ0v) is 12.5. The molecule has 6 heteroatoms. The Kier molecular flexibility index (Phi) is 6.68. The molecule has 1 aromatic rings. The van der Waals surface area contributed by atoms with E-state index in [4.69, 9.17) is 10.2 Å². The normalized spacial score (nSPS) is 10.6. The quantitative estimate of drug-likeness (QED) is 0.718. The predicted molar refractivity (Wildman–Crippen MR) is 80.6 cm³/mol. The second-order valence-corrected chi connectivity index (χ2v) is 4.96. The van der Waals surface area contributed by atoms with Crippen molar-refractivity contribution in [2.24, 2.45) is 0 Å². The smallest absolute Gasteiger partial charge is 0.317 e. The first-order chi connectivity index (χ1) is 9.92. The van der Waals surface area contributed by atoms with Crippen LogP contribution in [-0.4, -0.2) is 53.7 Å². The molecular weight excluding hydrogens is 272 g/mol. The lowest BCUT2D eigenvalue weighted by Gasteiger charge is -2.23. The van der Waals surface area contributed by atoms with Crippen molar-refractivity contribution in [2.75, 3.05) is 31.6 Å². The Bertz CT molecular complexity index is 490. The summed E-state index contributed by atoms with van der Waals surface area (Å²) in [7, 11) is 1.75. The third-order valence-electron chi connectivity index (χ3n) is 3.11. The first-order valence-electron chi connectivity index (χ1n) is 6.88. The number of carboxylic acid groups (broad SMARTS) is 2. The summed E-state index contributed by atoms with van der Waals surface area (Å²) in [6.45, 7) is 3.68. The highest BCUT2D eigenvalue weighted by Gasteiger charge is 2.09. The highest BCUT2D eigenvalue weighted by atomic mass is 16.4. The minimum atomic E-state index is -0.856. The van der Waals surface area contributed by atoms with Crippen LogP contribution in [0.15, 0.2) is 24.3 Å². The Labute approximate surface area is 124 Å². The molecule has 0 aliphatic heterocycles. The van der Waals surface area contributed by atoms with Crippen LogP contribution in [0.4, 0.5) is 5.69 Å². The van der Waals surface area contributed by atoms with Crippen LogP contribution in [-0.2, 0) is 16.1 Å². The van der Waals surface area contributed by atoms with E-state index in [2.05, 4.69) is 0 Å². The van der Waals surface area contributed by atoms with Gasteiger partial charge in [0.05, 0.1) is 13.0 Å². The van der Waals surface area contributed by atoms with Gasteiger partial charge in [-0.05, 0) is 31.7 Å². The highest BCUT2D eigenvalue weighted by molar-refractivity contribution is 5.69. The molecule has 21 heavy (non-hydrogen) atoms. The number of likely N-dealkylation sites (N-methyl/N-ethyl adjacent to an activating group) is 1. The second-order valence-electron chi connectivity index (χ2n) is 4.96. The summed E-state index contributed by atoms with van der Waals surface area (Å²) in [4.78, 5) is 25.1. The molecule has 1 rings (SSSR count). The van der Waals surface area contributed by atoms with Crippen molar-refractivity contribution in [3.05, 3.63) is 29.8 Å². The number of aliphatic carboxylic acids is 2. The van der Waals surface area contributed by atoms with Gasteiger partial charge in [-0.25, -0.2) is 0 Å². The molecule has 0 unspecified atom stereocenters. The van der Waals surface area contributed by atoms with Crippen LogP contribution in [0.25, 0.3) is 0 Å². The summed E-state index contributed by atoms with van der Waals surface area (Å²) in [6.07, 6.45) is 0.0942. The van der Waals surface area contributed by atoms with E-state index in [1.165, 1.54) is 0 Å². The minimum Gasteiger partial charge on any atom is -0.481 e. The number of hydrogen-bond donors (Lipinski definition) is 2. The van der Waals surface area contributed by atoms with Crippen molar-refractivity contribution in [2.45, 2.75) is 19.9 Å². The van der Waals surface area contributed by atoms with Gasteiger partial charge in [-0.2, -0.15) is 0 Å². The zero-order valence-electron chi connectivity index (χ0n) is 12.5. The SMILES string of the molecule is CCN(CCC(=O)O)c1cccc(CN(C)CC(=O)O)c1. The van der Waals surface area contributed by atoms with Gasteiger partial charge in [0, 0.05) is 25.3 Å². The molecule has 0 saturated heterocycles. The summed E-state index contributed by atoms with van der Waals surface area (Å²) in [5, 5.41) is 17.5. The average Bonchev–Trinajstić information content (AvgIpc) is 2.38. The molecular formula is C15H22N2O4. The Morgan fingerprint density at radius 1 is 1.19 bits per heavy atom. The number of anilines is 1. The van der Waals surface area contributed by atoms with Gasteiger partial charge in [0.1, 0.15) is 0 Å². The highest BCUT2D eigenvalue weighted by Crippen LogP contribution is 2.17. The molecule has 0 heterocycles. The molecule has 0 spiro atoms. The summed E-state index contributed by atoms with van der Waals surface area (Å²) >= 11 is 0. The summed E-state index contributed by atoms with van der Waals surface area (Å²) in [5.74, 6) is -1.67. The van der Waals surface area contributed by atoms with Crippen molar-refractivity contribution in [1.82, 2.24) is 4.90 Å². The lowest BCUT2D eigenvalue weighted by molar-refractivity contribution is -0.138. The lowest BCUT2D eigenvalue weighted by atomic mass is 10.1. The minimum absolute atomic E-state index is 0.0132. The van der Waals surface area contributed by atoms with Gasteiger partial charge in [-0.1, -0.05) is 12.1 Å². The van der Waals surface area contributed by atoms with Crippen molar-refractivity contribution >= 4 is 17.6 Å². The standard InChI is InChI=1S/C15H22N2O4/c1-3-17(8-7-14(18)19)13-6-4-5-12(9-13)10-16(2)11-15(20)21/h4-6,9H,3,7-8,10-11H2,1-2H3,(H,18,19)(H,20,21). The van der Waals surface area contributed by atoms with E-state index in [0.717, 1.165) is 17.8 Å². The number of hydrogen-bond acceptors (Lipinski definition) is 4. The lowest BCUT2D eigenvalue weighted by Crippen LogP contribution is -2.27. The van der Waals surface area contributed by atoms with E-state index in [9.17, 15) is 9.59 Å². The molecule has 6 nitrogen and oxygen atoms in total. The van der Waals surface area contributed by atoms with E-state index < -0.39 is 11.9 Å². The molecule has 0 atom stereocenters. The molecule has 0 bridgehead atoms. The van der Waals surface area contributed by atoms with Gasteiger partial charge in [0.15, 0.2) is 0 Å². The van der Waals surface area contributed by atoms with Crippen LogP contribution in [0, 0.1) is 0 Å². The molecule has 0 aromatic heterocycles. The Balaban J connectivity index is 2.73. The van der Waals surface area contributed by atoms with E-state index in [-0.39, 0.29) is 13.0 Å². The van der Waals surface area contributed by atoms with Crippen molar-refractivity contribution in [3.8, 4) is 0 Å². The van der Waals surface area contributed by atoms with Crippen LogP contribution in [0.1, 0.15) is 18.9 Å². The van der Waals surface area contributed by atoms with Crippen LogP contribution in [0.3, 0.4) is 0 Å². The fourth-order valence-corrected chi connectivity index (χ4v) is 2.15. The predicted octanol–water partition coefficient (Wildman–Crippen LogP) is 1.50. The maximum atomic E-state index is 10.7. The zero-order chi connectivity index (χ0) is 15.8. The van der Waals surface area contributed by atoms with Crippen LogP contribution in [0.2, 0.25) is 0 Å². The summed E-state index contributed by atoms with van der Waals surface area (Å²) in [6, 6.07) is 7.76. The van der Waals surface area contributed by atoms with Crippen molar-refractivity contribution in [3.63, 3.8) is 0 Å². The maximum Gasteiger partial charge on any atom is 0.317 e. The second kappa shape index (κ2) is 8.26. The van der Waals surface area contributed by atoms with Gasteiger partial charge >= 0.3 is 11.9 Å². The third kappa shape index (κ3) is 6.27. The maximum absolute atomic E-state index is 10.7. The van der Waals surface area contributed by atoms with Gasteiger partial charge < -0.3 is 15.1 Å². The van der Waals surface area contributed by atoms with Crippen LogP contribution in [0.5, 0.6) is 0 Å². The van der Waals surface area contributed by atoms with Crippen molar-refractivity contribution < 1.29 is 19.8 Å². The molecule has 0 radical (unpaired) electrons. The Morgan fingerprint density at radius 2 is 1.90 bits per heavy atom. The molecule has 2 N–H and O–H groups in total. The first-order valence-corrected chi connectivity index (χ1v) is 6.88. The molecule has 1 aromatic carbocycles. The Hall–Kier alpha value is -2.08. The number of nitrogens with zero attached hydrogens (tertiary/aromatic N) is 2. The first kappa shape index (κ1) is 17.0. The van der Waals surface area contributed by atoms with Crippen LogP contribution >= 0.6 is 0 Å². The topological polar surface area (TPSA) is 81.1 Å². The van der Waals surface area contributed by atoms with Crippen LogP contribution < -0.4 is 4.90 Å². The Morgan fingerprint density at radius 3 is 2.48 bits per heavy atom. The van der Waals surface area contributed by atoms with Crippen molar-refractivity contribution in [1.29, 1.82) is 0 Å². The molecule has 0 amide bonds. The number of rotatable bonds is 9. The number of carbonyl (C=O) groups is 2. The fraction of sp³-hybridized carbons (Fsp3) is 0.467. The van der Waals surface area contributed by atoms with Gasteiger partial charge in [0.2, 0.25) is 0 Å². The molecule has 0 aliphatic rings.